The van der Waals surface area contributed by atoms with Crippen molar-refractivity contribution in [3.05, 3.63) is 29.8 Å². The number of benzene rings is 1. The van der Waals surface area contributed by atoms with E-state index in [-0.39, 0.29) is 6.54 Å². The lowest BCUT2D eigenvalue weighted by Gasteiger charge is -2.07. The van der Waals surface area contributed by atoms with Crippen molar-refractivity contribution in [2.75, 3.05) is 19.7 Å². The van der Waals surface area contributed by atoms with Crippen molar-refractivity contribution in [2.45, 2.75) is 19.8 Å². The fourth-order valence-corrected chi connectivity index (χ4v) is 1.54. The Kier molecular flexibility index (Phi) is 7.45. The first-order valence-corrected chi connectivity index (χ1v) is 7.02. The average molecular weight is 308 g/mol. The first-order chi connectivity index (χ1) is 10.5. The van der Waals surface area contributed by atoms with Crippen LogP contribution in [0.2, 0.25) is 0 Å². The van der Waals surface area contributed by atoms with E-state index in [1.807, 2.05) is 0 Å². The lowest BCUT2D eigenvalue weighted by Crippen LogP contribution is -2.38. The topological polar surface area (TPSA) is 105 Å². The molecule has 1 rings (SSSR count). The van der Waals surface area contributed by atoms with E-state index in [0.717, 1.165) is 12.8 Å². The number of amides is 2. The molecule has 0 heterocycles. The van der Waals surface area contributed by atoms with Crippen LogP contribution in [0.25, 0.3) is 0 Å². The van der Waals surface area contributed by atoms with Gasteiger partial charge in [-0.05, 0) is 30.7 Å². The van der Waals surface area contributed by atoms with Crippen molar-refractivity contribution >= 4 is 17.8 Å². The lowest BCUT2D eigenvalue weighted by atomic mass is 10.2. The Morgan fingerprint density at radius 2 is 1.77 bits per heavy atom. The highest BCUT2D eigenvalue weighted by Crippen LogP contribution is 2.12. The van der Waals surface area contributed by atoms with Crippen LogP contribution in [0.5, 0.6) is 5.75 Å². The zero-order valence-corrected chi connectivity index (χ0v) is 12.4. The third-order valence-corrected chi connectivity index (χ3v) is 2.73. The van der Waals surface area contributed by atoms with Gasteiger partial charge in [-0.25, -0.2) is 0 Å². The summed E-state index contributed by atoms with van der Waals surface area (Å²) in [4.78, 5) is 33.4. The molecule has 120 valence electrons. The summed E-state index contributed by atoms with van der Waals surface area (Å²) in [6.45, 7) is 1.95. The van der Waals surface area contributed by atoms with Crippen molar-refractivity contribution in [1.82, 2.24) is 10.6 Å². The van der Waals surface area contributed by atoms with Gasteiger partial charge in [-0.15, -0.1) is 0 Å². The molecule has 1 aromatic rings. The van der Waals surface area contributed by atoms with Gasteiger partial charge in [-0.2, -0.15) is 0 Å². The van der Waals surface area contributed by atoms with Crippen molar-refractivity contribution in [3.63, 3.8) is 0 Å². The van der Waals surface area contributed by atoms with Gasteiger partial charge in [0.2, 0.25) is 5.91 Å². The predicted octanol–water partition coefficient (Wildman–Crippen LogP) is 0.796. The first-order valence-electron chi connectivity index (χ1n) is 7.02. The molecule has 0 aliphatic heterocycles. The molecule has 0 bridgehead atoms. The molecule has 0 atom stereocenters. The minimum atomic E-state index is -1.14. The number of hydrogen-bond donors (Lipinski definition) is 3. The molecule has 7 heteroatoms. The Balaban J connectivity index is 2.39. The standard InChI is InChI=1S/C15H20N2O5/c1-2-3-8-22-12-6-4-11(5-7-12)15(21)17-9-13(18)16-10-14(19)20/h4-7H,2-3,8-10H2,1H3,(H,16,18)(H,17,21)(H,19,20). The number of carboxylic acids is 1. The molecule has 0 aromatic heterocycles. The highest BCUT2D eigenvalue weighted by molar-refractivity contribution is 5.96. The number of hydrogen-bond acceptors (Lipinski definition) is 4. The Hall–Kier alpha value is -2.57. The minimum absolute atomic E-state index is 0.277. The van der Waals surface area contributed by atoms with Crippen LogP contribution in [0, 0.1) is 0 Å². The fourth-order valence-electron chi connectivity index (χ4n) is 1.54. The molecule has 0 radical (unpaired) electrons. The average Bonchev–Trinajstić information content (AvgIpc) is 2.51. The Labute approximate surface area is 128 Å². The second kappa shape index (κ2) is 9.38. The molecular weight excluding hydrogens is 288 g/mol. The van der Waals surface area contributed by atoms with Gasteiger partial charge < -0.3 is 20.5 Å². The van der Waals surface area contributed by atoms with E-state index in [2.05, 4.69) is 17.6 Å². The van der Waals surface area contributed by atoms with E-state index in [1.165, 1.54) is 0 Å². The maximum Gasteiger partial charge on any atom is 0.322 e. The highest BCUT2D eigenvalue weighted by atomic mass is 16.5. The van der Waals surface area contributed by atoms with Crippen molar-refractivity contribution in [2.24, 2.45) is 0 Å². The molecule has 0 unspecified atom stereocenters. The predicted molar refractivity (Wildman–Crippen MR) is 79.8 cm³/mol. The number of carbonyl (C=O) groups is 3. The molecule has 0 fully saturated rings. The highest BCUT2D eigenvalue weighted by Gasteiger charge is 2.09. The number of carbonyl (C=O) groups excluding carboxylic acids is 2. The number of nitrogens with one attached hydrogen (secondary N) is 2. The zero-order chi connectivity index (χ0) is 16.4. The monoisotopic (exact) mass is 308 g/mol. The van der Waals surface area contributed by atoms with E-state index in [9.17, 15) is 14.4 Å². The number of aliphatic carboxylic acids is 1. The smallest absolute Gasteiger partial charge is 0.322 e. The van der Waals surface area contributed by atoms with Crippen LogP contribution in [-0.2, 0) is 9.59 Å². The van der Waals surface area contributed by atoms with E-state index in [4.69, 9.17) is 9.84 Å². The van der Waals surface area contributed by atoms with E-state index < -0.39 is 24.3 Å². The third-order valence-electron chi connectivity index (χ3n) is 2.73. The molecule has 1 aromatic carbocycles. The molecule has 3 N–H and O–H groups in total. The van der Waals surface area contributed by atoms with Crippen LogP contribution in [0.4, 0.5) is 0 Å². The summed E-state index contributed by atoms with van der Waals surface area (Å²) in [5.74, 6) is -1.43. The van der Waals surface area contributed by atoms with Gasteiger partial charge in [0.05, 0.1) is 13.2 Å². The van der Waals surface area contributed by atoms with Gasteiger partial charge in [0.25, 0.3) is 5.91 Å². The SMILES string of the molecule is CCCCOc1ccc(C(=O)NCC(=O)NCC(=O)O)cc1. The molecule has 2 amide bonds. The van der Waals surface area contributed by atoms with E-state index >= 15 is 0 Å². The van der Waals surface area contributed by atoms with Crippen molar-refractivity contribution in [1.29, 1.82) is 0 Å². The molecule has 7 nitrogen and oxygen atoms in total. The van der Waals surface area contributed by atoms with Gasteiger partial charge in [0.15, 0.2) is 0 Å². The number of rotatable bonds is 9. The van der Waals surface area contributed by atoms with Crippen molar-refractivity contribution in [3.8, 4) is 5.75 Å². The molecule has 0 spiro atoms. The minimum Gasteiger partial charge on any atom is -0.494 e. The molecular formula is C15H20N2O5. The first kappa shape index (κ1) is 17.5. The van der Waals surface area contributed by atoms with Gasteiger partial charge in [0.1, 0.15) is 12.3 Å². The van der Waals surface area contributed by atoms with E-state index in [1.54, 1.807) is 24.3 Å². The molecule has 0 saturated carbocycles. The Bertz CT molecular complexity index is 513. The summed E-state index contributed by atoms with van der Waals surface area (Å²) < 4.78 is 5.48. The largest absolute Gasteiger partial charge is 0.494 e. The second-order valence-electron chi connectivity index (χ2n) is 4.58. The third kappa shape index (κ3) is 6.74. The number of carboxylic acid groups (broad SMARTS) is 1. The van der Waals surface area contributed by atoms with Gasteiger partial charge >= 0.3 is 5.97 Å². The summed E-state index contributed by atoms with van der Waals surface area (Å²) in [5, 5.41) is 13.0. The second-order valence-corrected chi connectivity index (χ2v) is 4.58. The maximum absolute atomic E-state index is 11.8. The van der Waals surface area contributed by atoms with Gasteiger partial charge in [0, 0.05) is 5.56 Å². The summed E-state index contributed by atoms with van der Waals surface area (Å²) in [5.41, 5.74) is 0.397. The van der Waals surface area contributed by atoms with E-state index in [0.29, 0.717) is 17.9 Å². The number of unbranched alkanes of at least 4 members (excludes halogenated alkanes) is 1. The van der Waals surface area contributed by atoms with Crippen LogP contribution in [0.3, 0.4) is 0 Å². The molecule has 0 aliphatic carbocycles. The normalized spacial score (nSPS) is 9.86. The van der Waals surface area contributed by atoms with Crippen molar-refractivity contribution < 1.29 is 24.2 Å². The van der Waals surface area contributed by atoms with Gasteiger partial charge in [-0.1, -0.05) is 13.3 Å². The fraction of sp³-hybridized carbons (Fsp3) is 0.400. The van der Waals surface area contributed by atoms with Gasteiger partial charge in [-0.3, -0.25) is 14.4 Å². The van der Waals surface area contributed by atoms with Crippen LogP contribution in [0.1, 0.15) is 30.1 Å². The lowest BCUT2D eigenvalue weighted by molar-refractivity contribution is -0.137. The Morgan fingerprint density at radius 1 is 1.09 bits per heavy atom. The van der Waals surface area contributed by atoms with Crippen LogP contribution in [-0.4, -0.2) is 42.6 Å². The van der Waals surface area contributed by atoms with Crippen LogP contribution >= 0.6 is 0 Å². The summed E-state index contributed by atoms with van der Waals surface area (Å²) >= 11 is 0. The summed E-state index contributed by atoms with van der Waals surface area (Å²) in [6.07, 6.45) is 2.01. The zero-order valence-electron chi connectivity index (χ0n) is 12.4. The summed E-state index contributed by atoms with van der Waals surface area (Å²) in [6, 6.07) is 6.58. The summed E-state index contributed by atoms with van der Waals surface area (Å²) in [7, 11) is 0. The quantitative estimate of drug-likeness (QED) is 0.585. The Morgan fingerprint density at radius 3 is 2.36 bits per heavy atom. The molecule has 0 saturated heterocycles. The molecule has 22 heavy (non-hydrogen) atoms. The number of ether oxygens (including phenoxy) is 1. The molecule has 0 aliphatic rings. The van der Waals surface area contributed by atoms with Crippen LogP contribution < -0.4 is 15.4 Å². The van der Waals surface area contributed by atoms with Crippen LogP contribution in [0.15, 0.2) is 24.3 Å². The maximum atomic E-state index is 11.8.